The summed E-state index contributed by atoms with van der Waals surface area (Å²) < 4.78 is 0. The molecule has 0 aliphatic rings. The van der Waals surface area contributed by atoms with Crippen LogP contribution in [0.3, 0.4) is 0 Å². The first-order chi connectivity index (χ1) is 6.57. The van der Waals surface area contributed by atoms with Gasteiger partial charge in [0.05, 0.1) is 0 Å². The molecule has 0 saturated carbocycles. The Bertz CT molecular complexity index is 193. The van der Waals surface area contributed by atoms with E-state index in [1.807, 2.05) is 6.92 Å². The Kier molecular flexibility index (Phi) is 8.20. The predicted octanol–water partition coefficient (Wildman–Crippen LogP) is 3.49. The number of halogens is 2. The van der Waals surface area contributed by atoms with E-state index >= 15 is 0 Å². The van der Waals surface area contributed by atoms with Gasteiger partial charge in [-0.3, -0.25) is 9.59 Å². The molecule has 14 heavy (non-hydrogen) atoms. The summed E-state index contributed by atoms with van der Waals surface area (Å²) in [6, 6.07) is 0. The zero-order chi connectivity index (χ0) is 11.0. The number of carbonyl (C=O) groups is 2. The normalized spacial score (nSPS) is 12.5. The zero-order valence-electron chi connectivity index (χ0n) is 8.39. The van der Waals surface area contributed by atoms with Crippen molar-refractivity contribution in [3.05, 3.63) is 0 Å². The molecule has 0 heterocycles. The Morgan fingerprint density at radius 2 is 1.79 bits per heavy atom. The Balaban J connectivity index is 3.42. The second-order valence-corrected chi connectivity index (χ2v) is 4.16. The third kappa shape index (κ3) is 7.34. The highest BCUT2D eigenvalue weighted by Crippen LogP contribution is 2.16. The summed E-state index contributed by atoms with van der Waals surface area (Å²) in [5.41, 5.74) is 0. The zero-order valence-corrected chi connectivity index (χ0v) is 9.90. The standard InChI is InChI=1S/C10H16Cl2O2/c1-2-8(10(12)14)6-4-3-5-7-9(11)13/h8H,2-7H2,1H3. The van der Waals surface area contributed by atoms with Gasteiger partial charge in [-0.1, -0.05) is 19.8 Å². The number of hydrogen-bond acceptors (Lipinski definition) is 2. The number of hydrogen-bond donors (Lipinski definition) is 0. The number of rotatable bonds is 8. The molecule has 0 N–H and O–H groups in total. The molecule has 0 aromatic carbocycles. The van der Waals surface area contributed by atoms with Crippen molar-refractivity contribution in [2.45, 2.75) is 45.4 Å². The van der Waals surface area contributed by atoms with E-state index in [0.29, 0.717) is 6.42 Å². The summed E-state index contributed by atoms with van der Waals surface area (Å²) in [6.45, 7) is 1.95. The highest BCUT2D eigenvalue weighted by molar-refractivity contribution is 6.64. The second kappa shape index (κ2) is 8.25. The van der Waals surface area contributed by atoms with Crippen molar-refractivity contribution in [3.8, 4) is 0 Å². The van der Waals surface area contributed by atoms with Crippen LogP contribution in [-0.2, 0) is 9.59 Å². The van der Waals surface area contributed by atoms with Crippen molar-refractivity contribution in [2.75, 3.05) is 0 Å². The SMILES string of the molecule is CCC(CCCCCC(=O)Cl)C(=O)Cl. The molecule has 2 nitrogen and oxygen atoms in total. The van der Waals surface area contributed by atoms with Gasteiger partial charge in [0.2, 0.25) is 10.5 Å². The molecule has 0 saturated heterocycles. The molecule has 82 valence electrons. The molecule has 1 unspecified atom stereocenters. The van der Waals surface area contributed by atoms with Crippen molar-refractivity contribution < 1.29 is 9.59 Å². The average molecular weight is 239 g/mol. The molecule has 4 heteroatoms. The van der Waals surface area contributed by atoms with Gasteiger partial charge in [-0.25, -0.2) is 0 Å². The van der Waals surface area contributed by atoms with Crippen molar-refractivity contribution in [3.63, 3.8) is 0 Å². The minimum Gasteiger partial charge on any atom is -0.281 e. The summed E-state index contributed by atoms with van der Waals surface area (Å²) in [4.78, 5) is 21.2. The van der Waals surface area contributed by atoms with Crippen LogP contribution in [0.4, 0.5) is 0 Å². The lowest BCUT2D eigenvalue weighted by Crippen LogP contribution is -2.07. The molecule has 0 fully saturated rings. The molecule has 0 aromatic rings. The topological polar surface area (TPSA) is 34.1 Å². The largest absolute Gasteiger partial charge is 0.281 e. The number of unbranched alkanes of at least 4 members (excludes halogenated alkanes) is 2. The van der Waals surface area contributed by atoms with Crippen molar-refractivity contribution in [1.82, 2.24) is 0 Å². The summed E-state index contributed by atoms with van der Waals surface area (Å²) in [5.74, 6) is -0.0247. The van der Waals surface area contributed by atoms with E-state index in [1.54, 1.807) is 0 Å². The van der Waals surface area contributed by atoms with Crippen LogP contribution in [0.2, 0.25) is 0 Å². The first kappa shape index (κ1) is 13.9. The second-order valence-electron chi connectivity index (χ2n) is 3.36. The lowest BCUT2D eigenvalue weighted by Gasteiger charge is -2.08. The molecule has 0 spiro atoms. The highest BCUT2D eigenvalue weighted by atomic mass is 35.5. The van der Waals surface area contributed by atoms with Crippen LogP contribution in [0.25, 0.3) is 0 Å². The lowest BCUT2D eigenvalue weighted by molar-refractivity contribution is -0.115. The van der Waals surface area contributed by atoms with E-state index in [1.165, 1.54) is 0 Å². The Labute approximate surface area is 95.0 Å². The van der Waals surface area contributed by atoms with E-state index in [-0.39, 0.29) is 16.4 Å². The Hall–Kier alpha value is -0.0800. The first-order valence-electron chi connectivity index (χ1n) is 4.95. The average Bonchev–Trinajstić information content (AvgIpc) is 2.10. The molecule has 0 radical (unpaired) electrons. The molecule has 1 atom stereocenters. The van der Waals surface area contributed by atoms with Gasteiger partial charge in [0, 0.05) is 12.3 Å². The van der Waals surface area contributed by atoms with Gasteiger partial charge in [-0.15, -0.1) is 0 Å². The van der Waals surface area contributed by atoms with Crippen molar-refractivity contribution in [1.29, 1.82) is 0 Å². The maximum Gasteiger partial charge on any atom is 0.224 e. The van der Waals surface area contributed by atoms with E-state index in [4.69, 9.17) is 23.2 Å². The van der Waals surface area contributed by atoms with Crippen LogP contribution in [0, 0.1) is 5.92 Å². The third-order valence-corrected chi connectivity index (χ3v) is 2.74. The third-order valence-electron chi connectivity index (χ3n) is 2.24. The minimum atomic E-state index is -0.287. The molecular formula is C10H16Cl2O2. The minimum absolute atomic E-state index is 0.0247. The van der Waals surface area contributed by atoms with Gasteiger partial charge in [0.25, 0.3) is 0 Å². The molecule has 0 aromatic heterocycles. The van der Waals surface area contributed by atoms with Crippen LogP contribution in [0.5, 0.6) is 0 Å². The van der Waals surface area contributed by atoms with Crippen molar-refractivity contribution >= 4 is 33.7 Å². The fourth-order valence-electron chi connectivity index (χ4n) is 1.31. The fourth-order valence-corrected chi connectivity index (χ4v) is 1.71. The van der Waals surface area contributed by atoms with Gasteiger partial charge in [-0.2, -0.15) is 0 Å². The maximum atomic E-state index is 10.8. The summed E-state index contributed by atoms with van der Waals surface area (Å²) in [5, 5.41) is -0.536. The van der Waals surface area contributed by atoms with Crippen LogP contribution in [0.1, 0.15) is 45.4 Å². The Morgan fingerprint density at radius 1 is 1.14 bits per heavy atom. The Morgan fingerprint density at radius 3 is 2.21 bits per heavy atom. The van der Waals surface area contributed by atoms with Crippen LogP contribution in [-0.4, -0.2) is 10.5 Å². The van der Waals surface area contributed by atoms with Crippen molar-refractivity contribution in [2.24, 2.45) is 5.92 Å². The van der Waals surface area contributed by atoms with Crippen LogP contribution >= 0.6 is 23.2 Å². The molecule has 0 aliphatic carbocycles. The highest BCUT2D eigenvalue weighted by Gasteiger charge is 2.12. The van der Waals surface area contributed by atoms with Gasteiger partial charge in [0.1, 0.15) is 0 Å². The van der Waals surface area contributed by atoms with Crippen LogP contribution < -0.4 is 0 Å². The summed E-state index contributed by atoms with van der Waals surface area (Å²) >= 11 is 10.6. The smallest absolute Gasteiger partial charge is 0.224 e. The maximum absolute atomic E-state index is 10.8. The summed E-state index contributed by atoms with van der Waals surface area (Å²) in [7, 11) is 0. The number of carbonyl (C=O) groups excluding carboxylic acids is 2. The predicted molar refractivity (Wildman–Crippen MR) is 58.6 cm³/mol. The quantitative estimate of drug-likeness (QED) is 0.480. The van der Waals surface area contributed by atoms with Gasteiger partial charge >= 0.3 is 0 Å². The molecule has 0 amide bonds. The van der Waals surface area contributed by atoms with E-state index in [2.05, 4.69) is 0 Å². The summed E-state index contributed by atoms with van der Waals surface area (Å²) in [6.07, 6.45) is 4.69. The fraction of sp³-hybridized carbons (Fsp3) is 0.800. The van der Waals surface area contributed by atoms with Gasteiger partial charge in [0.15, 0.2) is 0 Å². The molecular weight excluding hydrogens is 223 g/mol. The van der Waals surface area contributed by atoms with Gasteiger partial charge < -0.3 is 0 Å². The molecule has 0 aliphatic heterocycles. The molecule has 0 bridgehead atoms. The molecule has 0 rings (SSSR count). The first-order valence-corrected chi connectivity index (χ1v) is 5.71. The van der Waals surface area contributed by atoms with E-state index < -0.39 is 0 Å². The van der Waals surface area contributed by atoms with Crippen LogP contribution in [0.15, 0.2) is 0 Å². The van der Waals surface area contributed by atoms with E-state index in [9.17, 15) is 9.59 Å². The monoisotopic (exact) mass is 238 g/mol. The van der Waals surface area contributed by atoms with Gasteiger partial charge in [-0.05, 0) is 42.5 Å². The lowest BCUT2D eigenvalue weighted by atomic mass is 10.00. The van der Waals surface area contributed by atoms with E-state index in [0.717, 1.165) is 32.1 Å².